The molecule has 0 aliphatic carbocycles. The van der Waals surface area contributed by atoms with Crippen LogP contribution in [0.15, 0.2) is 22.7 Å². The van der Waals surface area contributed by atoms with E-state index in [2.05, 4.69) is 16.9 Å². The lowest BCUT2D eigenvalue weighted by molar-refractivity contribution is 0.133. The third kappa shape index (κ3) is 2.39. The Labute approximate surface area is 94.3 Å². The predicted molar refractivity (Wildman–Crippen MR) is 60.9 cm³/mol. The van der Waals surface area contributed by atoms with Crippen LogP contribution >= 0.6 is 0 Å². The van der Waals surface area contributed by atoms with Gasteiger partial charge in [-0.2, -0.15) is 4.98 Å². The highest BCUT2D eigenvalue weighted by molar-refractivity contribution is 5.66. The van der Waals surface area contributed by atoms with Crippen LogP contribution in [-0.2, 0) is 0 Å². The first-order chi connectivity index (χ1) is 7.81. The van der Waals surface area contributed by atoms with E-state index in [1.807, 2.05) is 0 Å². The van der Waals surface area contributed by atoms with Crippen LogP contribution in [0.1, 0.15) is 44.6 Å². The molecule has 1 N–H and O–H groups in total. The topological polar surface area (TPSA) is 59.2 Å². The van der Waals surface area contributed by atoms with Crippen LogP contribution in [0, 0.1) is 0 Å². The van der Waals surface area contributed by atoms with Gasteiger partial charge < -0.3 is 9.52 Å². The first kappa shape index (κ1) is 11.1. The molecule has 0 bridgehead atoms. The zero-order valence-electron chi connectivity index (χ0n) is 9.39. The molecule has 0 aliphatic rings. The second-order valence-corrected chi connectivity index (χ2v) is 3.89. The van der Waals surface area contributed by atoms with Crippen LogP contribution in [0.2, 0.25) is 0 Å². The quantitative estimate of drug-likeness (QED) is 0.787. The van der Waals surface area contributed by atoms with Gasteiger partial charge in [-0.1, -0.05) is 26.2 Å². The van der Waals surface area contributed by atoms with E-state index in [-0.39, 0.29) is 0 Å². The lowest BCUT2D eigenvalue weighted by Crippen LogP contribution is -1.97. The Morgan fingerprint density at radius 2 is 2.31 bits per heavy atom. The van der Waals surface area contributed by atoms with Crippen molar-refractivity contribution in [2.45, 2.75) is 38.7 Å². The molecule has 0 spiro atoms. The van der Waals surface area contributed by atoms with Crippen LogP contribution < -0.4 is 0 Å². The van der Waals surface area contributed by atoms with Crippen molar-refractivity contribution in [2.75, 3.05) is 0 Å². The van der Waals surface area contributed by atoms with E-state index < -0.39 is 6.10 Å². The fraction of sp³-hybridized carbons (Fsp3) is 0.500. The molecule has 1 atom stereocenters. The minimum absolute atomic E-state index is 0.379. The monoisotopic (exact) mass is 220 g/mol. The van der Waals surface area contributed by atoms with Crippen LogP contribution in [-0.4, -0.2) is 15.1 Å². The number of oxazole rings is 1. The van der Waals surface area contributed by atoms with Gasteiger partial charge >= 0.3 is 0 Å². The van der Waals surface area contributed by atoms with Gasteiger partial charge in [0.1, 0.15) is 6.10 Å². The van der Waals surface area contributed by atoms with E-state index in [0.717, 1.165) is 19.3 Å². The first-order valence-electron chi connectivity index (χ1n) is 5.70. The van der Waals surface area contributed by atoms with Crippen molar-refractivity contribution in [3.05, 3.63) is 24.2 Å². The minimum atomic E-state index is -0.610. The fourth-order valence-electron chi connectivity index (χ4n) is 1.64. The Kier molecular flexibility index (Phi) is 3.51. The number of hydrogen-bond acceptors (Lipinski definition) is 4. The normalized spacial score (nSPS) is 13.1. The number of unbranched alkanes of at least 4 members (excludes halogenated alkanes) is 2. The maximum absolute atomic E-state index is 9.86. The number of aliphatic hydroxyl groups excluding tert-OH is 1. The third-order valence-electron chi connectivity index (χ3n) is 2.55. The molecule has 0 fully saturated rings. The Morgan fingerprint density at radius 3 is 3.06 bits per heavy atom. The zero-order valence-corrected chi connectivity index (χ0v) is 9.39. The third-order valence-corrected chi connectivity index (χ3v) is 2.55. The van der Waals surface area contributed by atoms with Gasteiger partial charge in [0.2, 0.25) is 5.89 Å². The molecule has 86 valence electrons. The van der Waals surface area contributed by atoms with Gasteiger partial charge in [0.15, 0.2) is 11.2 Å². The summed E-state index contributed by atoms with van der Waals surface area (Å²) >= 11 is 0. The van der Waals surface area contributed by atoms with Crippen molar-refractivity contribution in [3.63, 3.8) is 0 Å². The van der Waals surface area contributed by atoms with Crippen LogP contribution in [0.5, 0.6) is 0 Å². The molecule has 0 saturated heterocycles. The van der Waals surface area contributed by atoms with Gasteiger partial charge in [0, 0.05) is 6.20 Å². The molecule has 4 nitrogen and oxygen atoms in total. The maximum atomic E-state index is 9.86. The molecule has 2 aromatic rings. The number of fused-ring (bicyclic) bond motifs is 1. The van der Waals surface area contributed by atoms with Crippen molar-refractivity contribution < 1.29 is 9.52 Å². The van der Waals surface area contributed by atoms with Crippen molar-refractivity contribution in [2.24, 2.45) is 0 Å². The Bertz CT molecular complexity index is 420. The van der Waals surface area contributed by atoms with E-state index in [0.29, 0.717) is 23.5 Å². The highest BCUT2D eigenvalue weighted by atomic mass is 16.4. The molecule has 0 aliphatic heterocycles. The Morgan fingerprint density at radius 1 is 1.44 bits per heavy atom. The lowest BCUT2D eigenvalue weighted by Gasteiger charge is -2.04. The van der Waals surface area contributed by atoms with Crippen molar-refractivity contribution in [3.8, 4) is 0 Å². The van der Waals surface area contributed by atoms with Crippen molar-refractivity contribution in [1.29, 1.82) is 0 Å². The number of aliphatic hydroxyl groups is 1. The first-order valence-corrected chi connectivity index (χ1v) is 5.70. The second-order valence-electron chi connectivity index (χ2n) is 3.89. The number of nitrogens with zero attached hydrogens (tertiary/aromatic N) is 2. The summed E-state index contributed by atoms with van der Waals surface area (Å²) in [6.07, 6.45) is 5.00. The molecule has 2 heterocycles. The molecular formula is C12H16N2O2. The summed E-state index contributed by atoms with van der Waals surface area (Å²) in [6.45, 7) is 2.13. The molecule has 16 heavy (non-hydrogen) atoms. The van der Waals surface area contributed by atoms with Gasteiger partial charge in [0.25, 0.3) is 0 Å². The van der Waals surface area contributed by atoms with Crippen molar-refractivity contribution >= 4 is 11.2 Å². The minimum Gasteiger partial charge on any atom is -0.436 e. The highest BCUT2D eigenvalue weighted by Gasteiger charge is 2.14. The standard InChI is InChI=1S/C12H16N2O2/c1-2-3-4-6-9(15)12-14-11-10(16-12)7-5-8-13-11/h5,7-9,15H,2-4,6H2,1H3. The van der Waals surface area contributed by atoms with Gasteiger partial charge in [-0.05, 0) is 18.6 Å². The van der Waals surface area contributed by atoms with Crippen LogP contribution in [0.25, 0.3) is 11.2 Å². The molecule has 2 rings (SSSR count). The average molecular weight is 220 g/mol. The van der Waals surface area contributed by atoms with Gasteiger partial charge in [-0.25, -0.2) is 4.98 Å². The van der Waals surface area contributed by atoms with E-state index in [1.165, 1.54) is 0 Å². The van der Waals surface area contributed by atoms with Gasteiger partial charge in [-0.3, -0.25) is 0 Å². The summed E-state index contributed by atoms with van der Waals surface area (Å²) in [5, 5.41) is 9.86. The summed E-state index contributed by atoms with van der Waals surface area (Å²) in [5.74, 6) is 0.379. The molecule has 0 amide bonds. The van der Waals surface area contributed by atoms with Crippen molar-refractivity contribution in [1.82, 2.24) is 9.97 Å². The summed E-state index contributed by atoms with van der Waals surface area (Å²) in [5.41, 5.74) is 1.19. The molecule has 0 aromatic carbocycles. The largest absolute Gasteiger partial charge is 0.436 e. The number of rotatable bonds is 5. The average Bonchev–Trinajstić information content (AvgIpc) is 2.73. The molecule has 1 unspecified atom stereocenters. The molecule has 2 aromatic heterocycles. The van der Waals surface area contributed by atoms with Gasteiger partial charge in [0.05, 0.1) is 0 Å². The lowest BCUT2D eigenvalue weighted by atomic mass is 10.1. The molecular weight excluding hydrogens is 204 g/mol. The molecule has 0 saturated carbocycles. The summed E-state index contributed by atoms with van der Waals surface area (Å²) in [7, 11) is 0. The number of pyridine rings is 1. The predicted octanol–water partition coefficient (Wildman–Crippen LogP) is 2.84. The fourth-order valence-corrected chi connectivity index (χ4v) is 1.64. The van der Waals surface area contributed by atoms with E-state index in [9.17, 15) is 5.11 Å². The summed E-state index contributed by atoms with van der Waals surface area (Å²) in [6, 6.07) is 3.60. The SMILES string of the molecule is CCCCCC(O)c1nc2ncccc2o1. The second kappa shape index (κ2) is 5.07. The van der Waals surface area contributed by atoms with E-state index in [1.54, 1.807) is 18.3 Å². The van der Waals surface area contributed by atoms with E-state index >= 15 is 0 Å². The smallest absolute Gasteiger partial charge is 0.225 e. The number of hydrogen-bond donors (Lipinski definition) is 1. The van der Waals surface area contributed by atoms with E-state index in [4.69, 9.17) is 4.42 Å². The molecule has 0 radical (unpaired) electrons. The highest BCUT2D eigenvalue weighted by Crippen LogP contribution is 2.22. The maximum Gasteiger partial charge on any atom is 0.225 e. The summed E-state index contributed by atoms with van der Waals surface area (Å²) < 4.78 is 5.44. The van der Waals surface area contributed by atoms with Crippen LogP contribution in [0.3, 0.4) is 0 Å². The Balaban J connectivity index is 2.07. The zero-order chi connectivity index (χ0) is 11.4. The molecule has 4 heteroatoms. The van der Waals surface area contributed by atoms with Gasteiger partial charge in [-0.15, -0.1) is 0 Å². The Hall–Kier alpha value is -1.42. The van der Waals surface area contributed by atoms with Crippen LogP contribution in [0.4, 0.5) is 0 Å². The number of aromatic nitrogens is 2. The summed E-state index contributed by atoms with van der Waals surface area (Å²) in [4.78, 5) is 8.23.